The second-order valence-corrected chi connectivity index (χ2v) is 5.57. The van der Waals surface area contributed by atoms with E-state index >= 15 is 0 Å². The number of carboxylic acid groups (broad SMARTS) is 1. The van der Waals surface area contributed by atoms with Gasteiger partial charge in [-0.05, 0) is 25.5 Å². The Hall–Kier alpha value is -1.24. The number of carboxylic acids is 1. The minimum absolute atomic E-state index is 0.0336. The average molecular weight is 290 g/mol. The summed E-state index contributed by atoms with van der Waals surface area (Å²) in [5.74, 6) is -0.596. The number of thioether (sulfide) groups is 1. The van der Waals surface area contributed by atoms with E-state index in [1.807, 2.05) is 0 Å². The van der Waals surface area contributed by atoms with Crippen LogP contribution >= 0.6 is 11.8 Å². The van der Waals surface area contributed by atoms with Crippen molar-refractivity contribution in [1.29, 1.82) is 0 Å². The van der Waals surface area contributed by atoms with E-state index in [1.165, 1.54) is 11.8 Å². The van der Waals surface area contributed by atoms with Crippen molar-refractivity contribution in [3.63, 3.8) is 0 Å². The van der Waals surface area contributed by atoms with Crippen molar-refractivity contribution in [2.75, 3.05) is 12.3 Å². The fourth-order valence-corrected chi connectivity index (χ4v) is 2.29. The SMILES string of the molecule is CCCCNC(=O)C(C)SCCC(NC=O)C(=O)O. The van der Waals surface area contributed by atoms with Crippen molar-refractivity contribution >= 4 is 30.0 Å². The molecule has 0 spiro atoms. The lowest BCUT2D eigenvalue weighted by molar-refractivity contribution is -0.140. The number of carbonyl (C=O) groups excluding carboxylic acids is 2. The van der Waals surface area contributed by atoms with E-state index in [9.17, 15) is 14.4 Å². The largest absolute Gasteiger partial charge is 0.480 e. The lowest BCUT2D eigenvalue weighted by Gasteiger charge is -2.14. The standard InChI is InChI=1S/C12H22N2O4S/c1-3-4-6-13-11(16)9(2)19-7-5-10(12(17)18)14-8-15/h8-10H,3-7H2,1-2H3,(H,13,16)(H,14,15)(H,17,18). The van der Waals surface area contributed by atoms with E-state index in [1.54, 1.807) is 6.92 Å². The number of nitrogens with one attached hydrogen (secondary N) is 2. The maximum absolute atomic E-state index is 11.6. The van der Waals surface area contributed by atoms with Gasteiger partial charge >= 0.3 is 5.97 Å². The van der Waals surface area contributed by atoms with Gasteiger partial charge in [-0.25, -0.2) is 4.79 Å². The minimum atomic E-state index is -1.06. The summed E-state index contributed by atoms with van der Waals surface area (Å²) in [6.07, 6.45) is 2.66. The summed E-state index contributed by atoms with van der Waals surface area (Å²) >= 11 is 1.38. The molecule has 7 heteroatoms. The zero-order chi connectivity index (χ0) is 14.7. The number of aliphatic carboxylic acids is 1. The van der Waals surface area contributed by atoms with Gasteiger partial charge in [0.15, 0.2) is 0 Å². The summed E-state index contributed by atoms with van der Waals surface area (Å²) in [4.78, 5) is 32.6. The van der Waals surface area contributed by atoms with Gasteiger partial charge in [0.2, 0.25) is 12.3 Å². The van der Waals surface area contributed by atoms with Crippen molar-refractivity contribution in [3.05, 3.63) is 0 Å². The fraction of sp³-hybridized carbons (Fsp3) is 0.750. The lowest BCUT2D eigenvalue weighted by atomic mass is 10.2. The van der Waals surface area contributed by atoms with E-state index in [2.05, 4.69) is 17.6 Å². The average Bonchev–Trinajstić information content (AvgIpc) is 2.37. The van der Waals surface area contributed by atoms with Crippen LogP contribution in [0.3, 0.4) is 0 Å². The van der Waals surface area contributed by atoms with Crippen LogP contribution < -0.4 is 10.6 Å². The smallest absolute Gasteiger partial charge is 0.326 e. The van der Waals surface area contributed by atoms with Gasteiger partial charge in [-0.2, -0.15) is 0 Å². The maximum Gasteiger partial charge on any atom is 0.326 e. The van der Waals surface area contributed by atoms with Crippen LogP contribution in [-0.4, -0.2) is 47.0 Å². The van der Waals surface area contributed by atoms with Gasteiger partial charge in [-0.1, -0.05) is 13.3 Å². The Balaban J connectivity index is 3.87. The van der Waals surface area contributed by atoms with Gasteiger partial charge in [-0.3, -0.25) is 9.59 Å². The second-order valence-electron chi connectivity index (χ2n) is 4.12. The molecule has 0 aliphatic heterocycles. The monoisotopic (exact) mass is 290 g/mol. The van der Waals surface area contributed by atoms with Gasteiger partial charge < -0.3 is 15.7 Å². The first-order chi connectivity index (χ1) is 9.02. The van der Waals surface area contributed by atoms with Crippen LogP contribution in [0, 0.1) is 0 Å². The van der Waals surface area contributed by atoms with Crippen LogP contribution in [-0.2, 0) is 14.4 Å². The van der Waals surface area contributed by atoms with Gasteiger partial charge in [-0.15, -0.1) is 11.8 Å². The highest BCUT2D eigenvalue weighted by molar-refractivity contribution is 8.00. The van der Waals surface area contributed by atoms with E-state index in [0.717, 1.165) is 12.8 Å². The Labute approximate surface area is 117 Å². The fourth-order valence-electron chi connectivity index (χ4n) is 1.33. The highest BCUT2D eigenvalue weighted by Crippen LogP contribution is 2.13. The molecule has 0 aliphatic rings. The molecule has 2 amide bonds. The normalized spacial score (nSPS) is 13.4. The molecule has 6 nitrogen and oxygen atoms in total. The number of rotatable bonds is 11. The lowest BCUT2D eigenvalue weighted by Crippen LogP contribution is -2.36. The molecule has 3 N–H and O–H groups in total. The topological polar surface area (TPSA) is 95.5 Å². The molecule has 0 rings (SSSR count). The van der Waals surface area contributed by atoms with E-state index < -0.39 is 12.0 Å². The van der Waals surface area contributed by atoms with Gasteiger partial charge in [0.1, 0.15) is 6.04 Å². The molecule has 0 saturated heterocycles. The van der Waals surface area contributed by atoms with Crippen molar-refractivity contribution in [2.45, 2.75) is 44.4 Å². The molecule has 0 heterocycles. The number of unbranched alkanes of at least 4 members (excludes halogenated alkanes) is 1. The molecule has 2 unspecified atom stereocenters. The van der Waals surface area contributed by atoms with Crippen molar-refractivity contribution in [3.8, 4) is 0 Å². The van der Waals surface area contributed by atoms with Crippen LogP contribution in [0.2, 0.25) is 0 Å². The third-order valence-corrected chi connectivity index (χ3v) is 3.73. The number of hydrogen-bond acceptors (Lipinski definition) is 4. The molecule has 0 aliphatic carbocycles. The van der Waals surface area contributed by atoms with Gasteiger partial charge in [0.05, 0.1) is 5.25 Å². The highest BCUT2D eigenvalue weighted by atomic mass is 32.2. The van der Waals surface area contributed by atoms with E-state index in [0.29, 0.717) is 25.1 Å². The van der Waals surface area contributed by atoms with Crippen LogP contribution in [0.5, 0.6) is 0 Å². The second kappa shape index (κ2) is 10.7. The Morgan fingerprint density at radius 2 is 2.11 bits per heavy atom. The van der Waals surface area contributed by atoms with E-state index in [-0.39, 0.29) is 11.2 Å². The van der Waals surface area contributed by atoms with Crippen molar-refractivity contribution in [2.24, 2.45) is 0 Å². The predicted octanol–water partition coefficient (Wildman–Crippen LogP) is 0.614. The molecular weight excluding hydrogens is 268 g/mol. The Morgan fingerprint density at radius 1 is 1.42 bits per heavy atom. The predicted molar refractivity (Wildman–Crippen MR) is 75.1 cm³/mol. The molecule has 0 fully saturated rings. The van der Waals surface area contributed by atoms with Crippen molar-refractivity contribution in [1.82, 2.24) is 10.6 Å². The first-order valence-electron chi connectivity index (χ1n) is 6.34. The van der Waals surface area contributed by atoms with Crippen LogP contribution in [0.1, 0.15) is 33.1 Å². The van der Waals surface area contributed by atoms with Crippen LogP contribution in [0.25, 0.3) is 0 Å². The first-order valence-corrected chi connectivity index (χ1v) is 7.39. The molecule has 0 aromatic carbocycles. The molecule has 0 radical (unpaired) electrons. The molecule has 0 aromatic heterocycles. The molecule has 19 heavy (non-hydrogen) atoms. The number of carbonyl (C=O) groups is 3. The third kappa shape index (κ3) is 8.47. The molecule has 0 saturated carbocycles. The highest BCUT2D eigenvalue weighted by Gasteiger charge is 2.18. The number of hydrogen-bond donors (Lipinski definition) is 3. The van der Waals surface area contributed by atoms with E-state index in [4.69, 9.17) is 5.11 Å². The van der Waals surface area contributed by atoms with Crippen molar-refractivity contribution < 1.29 is 19.5 Å². The molecule has 0 bridgehead atoms. The van der Waals surface area contributed by atoms with Gasteiger partial charge in [0, 0.05) is 6.54 Å². The van der Waals surface area contributed by atoms with Crippen LogP contribution in [0.4, 0.5) is 0 Å². The molecular formula is C12H22N2O4S. The zero-order valence-electron chi connectivity index (χ0n) is 11.3. The molecule has 2 atom stereocenters. The third-order valence-electron chi connectivity index (χ3n) is 2.54. The Morgan fingerprint density at radius 3 is 2.63 bits per heavy atom. The Bertz CT molecular complexity index is 299. The molecule has 110 valence electrons. The first kappa shape index (κ1) is 17.8. The summed E-state index contributed by atoms with van der Waals surface area (Å²) < 4.78 is 0. The number of amides is 2. The molecule has 0 aromatic rings. The zero-order valence-corrected chi connectivity index (χ0v) is 12.2. The quantitative estimate of drug-likeness (QED) is 0.383. The van der Waals surface area contributed by atoms with Crippen LogP contribution in [0.15, 0.2) is 0 Å². The Kier molecular flexibility index (Phi) is 9.97. The summed E-state index contributed by atoms with van der Waals surface area (Å²) in [7, 11) is 0. The maximum atomic E-state index is 11.6. The summed E-state index contributed by atoms with van der Waals surface area (Å²) in [5, 5.41) is 13.6. The summed E-state index contributed by atoms with van der Waals surface area (Å²) in [6.45, 7) is 4.51. The van der Waals surface area contributed by atoms with Gasteiger partial charge in [0.25, 0.3) is 0 Å². The summed E-state index contributed by atoms with van der Waals surface area (Å²) in [6, 6.07) is -0.889. The minimum Gasteiger partial charge on any atom is -0.480 e. The summed E-state index contributed by atoms with van der Waals surface area (Å²) in [5.41, 5.74) is 0.